The van der Waals surface area contributed by atoms with Gasteiger partial charge in [0.1, 0.15) is 10.7 Å². The third-order valence-electron chi connectivity index (χ3n) is 4.78. The smallest absolute Gasteiger partial charge is 0.269 e. The van der Waals surface area contributed by atoms with Gasteiger partial charge in [-0.1, -0.05) is 0 Å². The van der Waals surface area contributed by atoms with Crippen molar-refractivity contribution in [1.29, 1.82) is 0 Å². The Kier molecular flexibility index (Phi) is 7.14. The van der Waals surface area contributed by atoms with E-state index in [9.17, 15) is 14.4 Å². The van der Waals surface area contributed by atoms with Gasteiger partial charge in [-0.25, -0.2) is 4.98 Å². The molecule has 0 aliphatic rings. The maximum Gasteiger partial charge on any atom is 0.269 e. The van der Waals surface area contributed by atoms with Crippen molar-refractivity contribution < 1.29 is 19.1 Å². The molecule has 0 bridgehead atoms. The Bertz CT molecular complexity index is 1210. The van der Waals surface area contributed by atoms with Crippen molar-refractivity contribution in [3.63, 3.8) is 0 Å². The number of hydrazine groups is 1. The highest BCUT2D eigenvalue weighted by Crippen LogP contribution is 2.29. The third-order valence-corrected chi connectivity index (χ3v) is 5.88. The van der Waals surface area contributed by atoms with Gasteiger partial charge in [-0.15, -0.1) is 11.3 Å². The summed E-state index contributed by atoms with van der Waals surface area (Å²) in [6.45, 7) is 7.61. The molecule has 0 fully saturated rings. The normalized spacial score (nSPS) is 10.9. The zero-order valence-electron chi connectivity index (χ0n) is 18.6. The second-order valence-corrected chi connectivity index (χ2v) is 8.71. The van der Waals surface area contributed by atoms with Crippen LogP contribution < -0.4 is 25.9 Å². The van der Waals surface area contributed by atoms with Gasteiger partial charge in [-0.05, 0) is 51.5 Å². The molecule has 0 spiro atoms. The number of aryl methyl sites for hydroxylation is 3. The minimum absolute atomic E-state index is 0.0409. The zero-order chi connectivity index (χ0) is 23.4. The topological polar surface area (TPSA) is 122 Å². The lowest BCUT2D eigenvalue weighted by Gasteiger charge is -2.14. The molecule has 0 atom stereocenters. The molecule has 3 rings (SSSR count). The lowest BCUT2D eigenvalue weighted by atomic mass is 10.2. The second-order valence-electron chi connectivity index (χ2n) is 7.51. The van der Waals surface area contributed by atoms with Gasteiger partial charge in [0.15, 0.2) is 11.5 Å². The fraction of sp³-hybridized carbons (Fsp3) is 0.364. The predicted molar refractivity (Wildman–Crippen MR) is 122 cm³/mol. The summed E-state index contributed by atoms with van der Waals surface area (Å²) in [5.74, 6) is 0.465. The number of hydrogen-bond donors (Lipinski definition) is 3. The fourth-order valence-electron chi connectivity index (χ4n) is 3.07. The van der Waals surface area contributed by atoms with Gasteiger partial charge in [0.05, 0.1) is 18.6 Å². The second kappa shape index (κ2) is 9.82. The average Bonchev–Trinajstić information content (AvgIpc) is 3.04. The molecule has 3 N–H and O–H groups in total. The minimum atomic E-state index is -0.495. The number of aromatic amines is 1. The van der Waals surface area contributed by atoms with E-state index in [2.05, 4.69) is 20.8 Å². The maximum absolute atomic E-state index is 12.4. The van der Waals surface area contributed by atoms with Crippen molar-refractivity contribution in [3.8, 4) is 11.5 Å². The molecule has 0 aliphatic carbocycles. The van der Waals surface area contributed by atoms with Gasteiger partial charge in [-0.3, -0.25) is 25.2 Å². The number of rotatable bonds is 7. The molecule has 2 amide bonds. The van der Waals surface area contributed by atoms with Crippen molar-refractivity contribution in [2.45, 2.75) is 46.6 Å². The standard InChI is InChI=1S/C22H26N4O5S/c1-11(2)31-15-7-6-14(10-16(15)30-5)20(28)26-25-18(27)9-8-17-23-21(29)19-12(3)13(4)32-22(19)24-17/h6-7,10-11H,8-9H2,1-5H3,(H,25,27)(H,26,28)(H,23,24,29). The summed E-state index contributed by atoms with van der Waals surface area (Å²) in [5.41, 5.74) is 5.76. The first kappa shape index (κ1) is 23.3. The molecule has 10 heteroatoms. The number of fused-ring (bicyclic) bond motifs is 1. The van der Waals surface area contributed by atoms with Crippen molar-refractivity contribution >= 4 is 33.4 Å². The van der Waals surface area contributed by atoms with E-state index in [4.69, 9.17) is 9.47 Å². The number of carbonyl (C=O) groups excluding carboxylic acids is 2. The minimum Gasteiger partial charge on any atom is -0.493 e. The first-order valence-electron chi connectivity index (χ1n) is 10.1. The molecule has 170 valence electrons. The van der Waals surface area contributed by atoms with E-state index in [1.54, 1.807) is 12.1 Å². The van der Waals surface area contributed by atoms with Gasteiger partial charge < -0.3 is 14.5 Å². The summed E-state index contributed by atoms with van der Waals surface area (Å²) in [5, 5.41) is 0.591. The van der Waals surface area contributed by atoms with E-state index in [1.165, 1.54) is 24.5 Å². The largest absolute Gasteiger partial charge is 0.493 e. The molecular weight excluding hydrogens is 432 g/mol. The van der Waals surface area contributed by atoms with Crippen LogP contribution in [-0.2, 0) is 11.2 Å². The van der Waals surface area contributed by atoms with Gasteiger partial charge in [0.2, 0.25) is 5.91 Å². The Morgan fingerprint density at radius 1 is 1.19 bits per heavy atom. The van der Waals surface area contributed by atoms with E-state index in [1.807, 2.05) is 27.7 Å². The molecule has 3 aromatic rings. The molecule has 0 radical (unpaired) electrons. The van der Waals surface area contributed by atoms with Gasteiger partial charge >= 0.3 is 0 Å². The van der Waals surface area contributed by atoms with Crippen LogP contribution in [0.5, 0.6) is 11.5 Å². The molecule has 9 nitrogen and oxygen atoms in total. The molecule has 1 aromatic carbocycles. The summed E-state index contributed by atoms with van der Waals surface area (Å²) < 4.78 is 10.9. The quantitative estimate of drug-likeness (QED) is 0.468. The van der Waals surface area contributed by atoms with E-state index in [0.717, 1.165) is 10.4 Å². The lowest BCUT2D eigenvalue weighted by Crippen LogP contribution is -2.41. The SMILES string of the molecule is COc1cc(C(=O)NNC(=O)CCc2nc3sc(C)c(C)c3c(=O)[nH]2)ccc1OC(C)C. The number of nitrogens with zero attached hydrogens (tertiary/aromatic N) is 1. The number of carbonyl (C=O) groups is 2. The Morgan fingerprint density at radius 3 is 2.62 bits per heavy atom. The molecule has 32 heavy (non-hydrogen) atoms. The number of amides is 2. The highest BCUT2D eigenvalue weighted by atomic mass is 32.1. The van der Waals surface area contributed by atoms with Crippen molar-refractivity contribution in [1.82, 2.24) is 20.8 Å². The van der Waals surface area contributed by atoms with Crippen molar-refractivity contribution in [2.24, 2.45) is 0 Å². The first-order chi connectivity index (χ1) is 15.2. The van der Waals surface area contributed by atoms with Gasteiger partial charge in [0, 0.05) is 23.3 Å². The molecular formula is C22H26N4O5S. The summed E-state index contributed by atoms with van der Waals surface area (Å²) in [7, 11) is 1.49. The Balaban J connectivity index is 1.57. The number of aromatic nitrogens is 2. The summed E-state index contributed by atoms with van der Waals surface area (Å²) >= 11 is 1.45. The van der Waals surface area contributed by atoms with Crippen LogP contribution in [-0.4, -0.2) is 35.0 Å². The Labute approximate surface area is 189 Å². The Morgan fingerprint density at radius 2 is 1.94 bits per heavy atom. The molecule has 0 saturated heterocycles. The number of thiophene rings is 1. The van der Waals surface area contributed by atoms with Crippen molar-refractivity contribution in [2.75, 3.05) is 7.11 Å². The van der Waals surface area contributed by atoms with Crippen LogP contribution in [0.25, 0.3) is 10.2 Å². The first-order valence-corrected chi connectivity index (χ1v) is 10.9. The zero-order valence-corrected chi connectivity index (χ0v) is 19.4. The molecule has 2 heterocycles. The monoisotopic (exact) mass is 458 g/mol. The highest BCUT2D eigenvalue weighted by molar-refractivity contribution is 7.18. The predicted octanol–water partition coefficient (Wildman–Crippen LogP) is 2.79. The molecule has 0 saturated carbocycles. The number of methoxy groups -OCH3 is 1. The lowest BCUT2D eigenvalue weighted by molar-refractivity contribution is -0.121. The maximum atomic E-state index is 12.4. The number of hydrogen-bond acceptors (Lipinski definition) is 7. The van der Waals surface area contributed by atoms with Crippen LogP contribution in [0.1, 0.15) is 46.9 Å². The highest BCUT2D eigenvalue weighted by Gasteiger charge is 2.15. The van der Waals surface area contributed by atoms with Crippen molar-refractivity contribution in [3.05, 3.63) is 50.4 Å². The fourth-order valence-corrected chi connectivity index (χ4v) is 4.12. The number of nitrogens with one attached hydrogen (secondary N) is 3. The van der Waals surface area contributed by atoms with Crippen LogP contribution in [0.2, 0.25) is 0 Å². The average molecular weight is 459 g/mol. The van der Waals surface area contributed by atoms with Crippen LogP contribution in [0, 0.1) is 13.8 Å². The summed E-state index contributed by atoms with van der Waals surface area (Å²) in [6, 6.07) is 4.76. The summed E-state index contributed by atoms with van der Waals surface area (Å²) in [6.07, 6.45) is 0.237. The van der Waals surface area contributed by atoms with Gasteiger partial charge in [-0.2, -0.15) is 0 Å². The van der Waals surface area contributed by atoms with Crippen LogP contribution in [0.4, 0.5) is 0 Å². The van der Waals surface area contributed by atoms with Crippen LogP contribution in [0.15, 0.2) is 23.0 Å². The summed E-state index contributed by atoms with van der Waals surface area (Å²) in [4.78, 5) is 45.7. The van der Waals surface area contributed by atoms with E-state index >= 15 is 0 Å². The van der Waals surface area contributed by atoms with Gasteiger partial charge in [0.25, 0.3) is 11.5 Å². The Hall–Kier alpha value is -3.40. The molecule has 0 aliphatic heterocycles. The van der Waals surface area contributed by atoms with E-state index < -0.39 is 11.8 Å². The number of H-pyrrole nitrogens is 1. The van der Waals surface area contributed by atoms with E-state index in [0.29, 0.717) is 33.1 Å². The third kappa shape index (κ3) is 5.25. The number of ether oxygens (including phenoxy) is 2. The van der Waals surface area contributed by atoms with Crippen LogP contribution >= 0.6 is 11.3 Å². The van der Waals surface area contributed by atoms with Crippen LogP contribution in [0.3, 0.4) is 0 Å². The number of benzene rings is 1. The molecule has 0 unspecified atom stereocenters. The van der Waals surface area contributed by atoms with E-state index in [-0.39, 0.29) is 24.5 Å². The molecule has 2 aromatic heterocycles.